The molecular weight excluding hydrogens is 502 g/mol. The molecule has 2 saturated heterocycles. The summed E-state index contributed by atoms with van der Waals surface area (Å²) in [6, 6.07) is 17.9. The smallest absolute Gasteiger partial charge is 0.261 e. The van der Waals surface area contributed by atoms with E-state index in [1.165, 1.54) is 36.4 Å². The minimum absolute atomic E-state index is 0.114. The number of nitrogen functional groups attached to an aromatic ring is 1. The van der Waals surface area contributed by atoms with E-state index in [2.05, 4.69) is 49.4 Å². The van der Waals surface area contributed by atoms with Crippen molar-refractivity contribution in [3.8, 4) is 17.2 Å². The van der Waals surface area contributed by atoms with Crippen LogP contribution in [-0.4, -0.2) is 89.3 Å². The minimum Gasteiger partial charge on any atom is -0.382 e. The van der Waals surface area contributed by atoms with Gasteiger partial charge < -0.3 is 25.8 Å². The molecule has 0 radical (unpaired) electrons. The van der Waals surface area contributed by atoms with Gasteiger partial charge in [-0.15, -0.1) is 5.10 Å². The molecule has 4 aromatic rings. The van der Waals surface area contributed by atoms with Gasteiger partial charge in [-0.2, -0.15) is 0 Å². The second-order valence-electron chi connectivity index (χ2n) is 11.3. The highest BCUT2D eigenvalue weighted by Crippen LogP contribution is 2.38. The third kappa shape index (κ3) is 5.28. The van der Waals surface area contributed by atoms with Crippen molar-refractivity contribution in [3.63, 3.8) is 0 Å². The number of nitrogens with one attached hydrogen (secondary N) is 1. The molecular formula is C30H35N9O. The van der Waals surface area contributed by atoms with Crippen LogP contribution in [0.3, 0.4) is 0 Å². The topological polar surface area (TPSA) is 108 Å². The van der Waals surface area contributed by atoms with Crippen LogP contribution in [0.1, 0.15) is 15.9 Å². The lowest BCUT2D eigenvalue weighted by Crippen LogP contribution is -2.71. The highest BCUT2D eigenvalue weighted by molar-refractivity contribution is 6.07. The van der Waals surface area contributed by atoms with Gasteiger partial charge in [0.15, 0.2) is 5.82 Å². The van der Waals surface area contributed by atoms with Crippen LogP contribution in [-0.2, 0) is 6.42 Å². The lowest BCUT2D eigenvalue weighted by atomic mass is 9.73. The third-order valence-electron chi connectivity index (χ3n) is 7.77. The lowest BCUT2D eigenvalue weighted by Gasteiger charge is -2.59. The number of rotatable bonds is 8. The second-order valence-corrected chi connectivity index (χ2v) is 11.3. The molecule has 0 unspecified atom stereocenters. The van der Waals surface area contributed by atoms with Crippen LogP contribution in [0, 0.1) is 5.41 Å². The van der Waals surface area contributed by atoms with Crippen molar-refractivity contribution in [2.75, 3.05) is 69.8 Å². The van der Waals surface area contributed by atoms with Gasteiger partial charge in [0, 0.05) is 81.6 Å². The molecule has 0 atom stereocenters. The first-order valence-corrected chi connectivity index (χ1v) is 13.5. The van der Waals surface area contributed by atoms with Crippen molar-refractivity contribution < 1.29 is 4.79 Å². The Kier molecular flexibility index (Phi) is 6.73. The molecule has 0 aliphatic carbocycles. The fourth-order valence-electron chi connectivity index (χ4n) is 5.81. The summed E-state index contributed by atoms with van der Waals surface area (Å²) in [5.74, 6) is 0.119. The lowest BCUT2D eigenvalue weighted by molar-refractivity contribution is -0.103. The van der Waals surface area contributed by atoms with Gasteiger partial charge in [-0.05, 0) is 49.4 Å². The van der Waals surface area contributed by atoms with E-state index < -0.39 is 0 Å². The highest BCUT2D eigenvalue weighted by atomic mass is 16.1. The average molecular weight is 538 g/mol. The number of nitrogens with two attached hydrogens (primary N) is 1. The Bertz CT molecular complexity index is 1500. The largest absolute Gasteiger partial charge is 0.382 e. The first-order chi connectivity index (χ1) is 19.3. The molecule has 0 bridgehead atoms. The van der Waals surface area contributed by atoms with Crippen LogP contribution in [0.25, 0.3) is 17.2 Å². The monoisotopic (exact) mass is 537 g/mol. The Morgan fingerprint density at radius 1 is 1.02 bits per heavy atom. The van der Waals surface area contributed by atoms with Gasteiger partial charge in [0.05, 0.1) is 5.69 Å². The summed E-state index contributed by atoms with van der Waals surface area (Å²) in [6.07, 6.45) is 4.23. The van der Waals surface area contributed by atoms with Gasteiger partial charge in [-0.3, -0.25) is 4.79 Å². The number of nitrogens with zero attached hydrogens (tertiary/aromatic N) is 7. The van der Waals surface area contributed by atoms with E-state index in [4.69, 9.17) is 5.73 Å². The highest BCUT2D eigenvalue weighted by Gasteiger charge is 2.49. The molecule has 206 valence electrons. The average Bonchev–Trinajstić information content (AvgIpc) is 3.32. The number of benzene rings is 2. The Morgan fingerprint density at radius 3 is 2.42 bits per heavy atom. The molecule has 2 aromatic heterocycles. The molecule has 6 rings (SSSR count). The van der Waals surface area contributed by atoms with Crippen LogP contribution in [0.2, 0.25) is 0 Å². The van der Waals surface area contributed by atoms with Gasteiger partial charge in [0.25, 0.3) is 11.9 Å². The van der Waals surface area contributed by atoms with Gasteiger partial charge in [0.1, 0.15) is 5.56 Å². The molecule has 10 nitrogen and oxygen atoms in total. The molecule has 3 N–H and O–H groups in total. The number of hydrogen-bond acceptors (Lipinski definition) is 8. The van der Waals surface area contributed by atoms with Crippen molar-refractivity contribution in [2.45, 2.75) is 6.42 Å². The number of anilines is 3. The summed E-state index contributed by atoms with van der Waals surface area (Å²) < 4.78 is 1.44. The molecule has 4 heterocycles. The fourth-order valence-corrected chi connectivity index (χ4v) is 5.81. The van der Waals surface area contributed by atoms with Crippen LogP contribution in [0.4, 0.5) is 17.2 Å². The zero-order valence-electron chi connectivity index (χ0n) is 23.2. The van der Waals surface area contributed by atoms with E-state index in [1.54, 1.807) is 12.4 Å². The fraction of sp³-hybridized carbons (Fsp3) is 0.333. The van der Waals surface area contributed by atoms with Crippen LogP contribution < -0.4 is 16.0 Å². The van der Waals surface area contributed by atoms with Gasteiger partial charge >= 0.3 is 0 Å². The van der Waals surface area contributed by atoms with E-state index in [9.17, 15) is 4.79 Å². The quantitative estimate of drug-likeness (QED) is 0.353. The maximum atomic E-state index is 13.0. The molecule has 2 aliphatic rings. The summed E-state index contributed by atoms with van der Waals surface area (Å²) >= 11 is 0. The molecule has 10 heteroatoms. The van der Waals surface area contributed by atoms with E-state index in [-0.39, 0.29) is 17.3 Å². The predicted molar refractivity (Wildman–Crippen MR) is 158 cm³/mol. The number of aromatic nitrogens is 4. The van der Waals surface area contributed by atoms with Crippen molar-refractivity contribution in [2.24, 2.45) is 5.41 Å². The standard InChI is InChI=1S/C30H35N9O/c1-36(2)24-10-6-22(7-11-24)26-12-14-32-29(34-26)39-16-25(27(31)35-39)28(40)33-23-8-4-21(5-9-23)13-15-38-19-30(20-38)17-37(3)18-30/h4-12,14,16H,13,15,17-20H2,1-3H3,(H2,31,35)(H,33,40). The second kappa shape index (κ2) is 10.4. The van der Waals surface area contributed by atoms with Crippen molar-refractivity contribution in [1.29, 1.82) is 0 Å². The summed E-state index contributed by atoms with van der Waals surface area (Å²) in [5.41, 5.74) is 11.7. The molecule has 2 fully saturated rings. The van der Waals surface area contributed by atoms with Crippen molar-refractivity contribution in [3.05, 3.63) is 78.1 Å². The van der Waals surface area contributed by atoms with Crippen LogP contribution in [0.15, 0.2) is 67.0 Å². The van der Waals surface area contributed by atoms with Crippen molar-refractivity contribution in [1.82, 2.24) is 29.5 Å². The van der Waals surface area contributed by atoms with Gasteiger partial charge in [-0.25, -0.2) is 14.6 Å². The number of likely N-dealkylation sites (tertiary alicyclic amines) is 2. The Morgan fingerprint density at radius 2 is 1.75 bits per heavy atom. The van der Waals surface area contributed by atoms with Crippen LogP contribution >= 0.6 is 0 Å². The number of hydrogen-bond donors (Lipinski definition) is 2. The van der Waals surface area contributed by atoms with Gasteiger partial charge in [0.2, 0.25) is 0 Å². The normalized spacial score (nSPS) is 16.4. The Labute approximate surface area is 234 Å². The molecule has 2 aromatic carbocycles. The number of carbonyl (C=O) groups excluding carboxylic acids is 1. The summed E-state index contributed by atoms with van der Waals surface area (Å²) in [4.78, 5) is 29.0. The zero-order valence-corrected chi connectivity index (χ0v) is 23.2. The minimum atomic E-state index is -0.330. The summed E-state index contributed by atoms with van der Waals surface area (Å²) in [7, 11) is 6.19. The SMILES string of the molecule is CN1CC2(C1)CN(CCc1ccc(NC(=O)c3cn(-c4nccc(-c5ccc(N(C)C)cc5)n4)nc3N)cc1)C2. The first-order valence-electron chi connectivity index (χ1n) is 13.5. The molecule has 40 heavy (non-hydrogen) atoms. The third-order valence-corrected chi connectivity index (χ3v) is 7.77. The predicted octanol–water partition coefficient (Wildman–Crippen LogP) is 3.02. The maximum absolute atomic E-state index is 13.0. The first kappa shape index (κ1) is 26.0. The van der Waals surface area contributed by atoms with E-state index in [0.29, 0.717) is 17.1 Å². The molecule has 0 saturated carbocycles. The number of amides is 1. The zero-order chi connectivity index (χ0) is 27.9. The van der Waals surface area contributed by atoms with E-state index in [1.807, 2.05) is 61.5 Å². The Balaban J connectivity index is 1.07. The van der Waals surface area contributed by atoms with Crippen LogP contribution in [0.5, 0.6) is 0 Å². The summed E-state index contributed by atoms with van der Waals surface area (Å²) in [5, 5.41) is 7.23. The van der Waals surface area contributed by atoms with Gasteiger partial charge in [-0.1, -0.05) is 24.3 Å². The van der Waals surface area contributed by atoms with Crippen molar-refractivity contribution >= 4 is 23.1 Å². The summed E-state index contributed by atoms with van der Waals surface area (Å²) in [6.45, 7) is 5.94. The molecule has 1 spiro atoms. The number of carbonyl (C=O) groups is 1. The maximum Gasteiger partial charge on any atom is 0.261 e. The van der Waals surface area contributed by atoms with E-state index >= 15 is 0 Å². The Hall–Kier alpha value is -4.28. The van der Waals surface area contributed by atoms with E-state index in [0.717, 1.165) is 29.9 Å². The molecule has 2 aliphatic heterocycles. The molecule has 1 amide bonds.